The van der Waals surface area contributed by atoms with Crippen LogP contribution in [0.5, 0.6) is 0 Å². The van der Waals surface area contributed by atoms with Crippen molar-refractivity contribution in [2.75, 3.05) is 0 Å². The topological polar surface area (TPSA) is 26.0 Å². The molecular weight excluding hydrogens is 251 g/mol. The van der Waals surface area contributed by atoms with Gasteiger partial charge in [-0.15, -0.1) is 0 Å². The first-order chi connectivity index (χ1) is 8.90. The molecule has 0 saturated heterocycles. The number of benzene rings is 2. The molecule has 0 spiro atoms. The van der Waals surface area contributed by atoms with Gasteiger partial charge in [0.05, 0.1) is 0 Å². The lowest BCUT2D eigenvalue weighted by molar-refractivity contribution is 0.442. The van der Waals surface area contributed by atoms with Crippen LogP contribution in [0.25, 0.3) is 0 Å². The van der Waals surface area contributed by atoms with E-state index in [0.717, 1.165) is 18.2 Å². The van der Waals surface area contributed by atoms with E-state index in [9.17, 15) is 13.2 Å². The van der Waals surface area contributed by atoms with Crippen LogP contribution in [0.15, 0.2) is 42.5 Å². The molecule has 0 radical (unpaired) electrons. The van der Waals surface area contributed by atoms with Gasteiger partial charge >= 0.3 is 0 Å². The predicted octanol–water partition coefficient (Wildman–Crippen LogP) is 3.52. The van der Waals surface area contributed by atoms with Crippen LogP contribution in [0.3, 0.4) is 0 Å². The molecule has 2 rings (SSSR count). The van der Waals surface area contributed by atoms with Gasteiger partial charge < -0.3 is 5.73 Å². The fourth-order valence-electron chi connectivity index (χ4n) is 2.07. The number of nitrogens with two attached hydrogens (primary N) is 1. The van der Waals surface area contributed by atoms with E-state index >= 15 is 0 Å². The Kier molecular flexibility index (Phi) is 3.62. The molecule has 1 atom stereocenters. The van der Waals surface area contributed by atoms with E-state index in [0.29, 0.717) is 5.56 Å². The van der Waals surface area contributed by atoms with E-state index in [1.165, 1.54) is 6.07 Å². The van der Waals surface area contributed by atoms with Crippen LogP contribution in [0.1, 0.15) is 18.1 Å². The lowest BCUT2D eigenvalue weighted by Gasteiger charge is -2.26. The van der Waals surface area contributed by atoms with Crippen molar-refractivity contribution in [1.29, 1.82) is 0 Å². The van der Waals surface area contributed by atoms with E-state index in [2.05, 4.69) is 0 Å². The maximum atomic E-state index is 13.7. The van der Waals surface area contributed by atoms with E-state index in [1.54, 1.807) is 25.1 Å². The fourth-order valence-corrected chi connectivity index (χ4v) is 2.07. The minimum Gasteiger partial charge on any atom is -0.321 e. The highest BCUT2D eigenvalue weighted by atomic mass is 19.1. The average Bonchev–Trinajstić information content (AvgIpc) is 2.35. The summed E-state index contributed by atoms with van der Waals surface area (Å²) in [7, 11) is 0. The normalized spacial score (nSPS) is 14.2. The summed E-state index contributed by atoms with van der Waals surface area (Å²) in [5.74, 6) is -1.57. The zero-order valence-corrected chi connectivity index (χ0v) is 10.5. The van der Waals surface area contributed by atoms with E-state index in [-0.39, 0.29) is 12.0 Å². The maximum Gasteiger partial charge on any atom is 0.128 e. The highest BCUT2D eigenvalue weighted by Gasteiger charge is 2.26. The largest absolute Gasteiger partial charge is 0.321 e. The van der Waals surface area contributed by atoms with Crippen LogP contribution in [0, 0.1) is 17.5 Å². The fraction of sp³-hybridized carbons (Fsp3) is 0.200. The monoisotopic (exact) mass is 265 g/mol. The minimum atomic E-state index is -1.19. The molecule has 2 aromatic rings. The number of hydrogen-bond acceptors (Lipinski definition) is 1. The highest BCUT2D eigenvalue weighted by molar-refractivity contribution is 5.30. The second-order valence-corrected chi connectivity index (χ2v) is 4.81. The number of rotatable bonds is 3. The zero-order valence-electron chi connectivity index (χ0n) is 10.5. The summed E-state index contributed by atoms with van der Waals surface area (Å²) in [5.41, 5.74) is 5.26. The molecule has 0 saturated carbocycles. The van der Waals surface area contributed by atoms with Gasteiger partial charge in [0.1, 0.15) is 17.5 Å². The maximum absolute atomic E-state index is 13.7. The Balaban J connectivity index is 2.37. The van der Waals surface area contributed by atoms with Crippen molar-refractivity contribution in [3.05, 3.63) is 71.0 Å². The van der Waals surface area contributed by atoms with Gasteiger partial charge in [-0.25, -0.2) is 13.2 Å². The van der Waals surface area contributed by atoms with Crippen molar-refractivity contribution in [3.63, 3.8) is 0 Å². The van der Waals surface area contributed by atoms with Crippen LogP contribution in [-0.2, 0) is 12.0 Å². The zero-order chi connectivity index (χ0) is 14.0. The van der Waals surface area contributed by atoms with Crippen molar-refractivity contribution in [2.24, 2.45) is 5.73 Å². The SMILES string of the molecule is CC(N)(Cc1ccccc1F)c1cc(F)ccc1F. The van der Waals surface area contributed by atoms with Gasteiger partial charge in [0.2, 0.25) is 0 Å². The highest BCUT2D eigenvalue weighted by Crippen LogP contribution is 2.26. The van der Waals surface area contributed by atoms with Gasteiger partial charge in [0.25, 0.3) is 0 Å². The van der Waals surface area contributed by atoms with Crippen LogP contribution in [-0.4, -0.2) is 0 Å². The molecule has 1 nitrogen and oxygen atoms in total. The first-order valence-electron chi connectivity index (χ1n) is 5.88. The van der Waals surface area contributed by atoms with Gasteiger partial charge in [-0.3, -0.25) is 0 Å². The first-order valence-corrected chi connectivity index (χ1v) is 5.88. The molecular formula is C15H14F3N. The Morgan fingerprint density at radius 1 is 1.00 bits per heavy atom. The van der Waals surface area contributed by atoms with Crippen LogP contribution in [0.4, 0.5) is 13.2 Å². The van der Waals surface area contributed by atoms with Gasteiger partial charge in [-0.05, 0) is 43.2 Å². The second kappa shape index (κ2) is 5.05. The van der Waals surface area contributed by atoms with E-state index < -0.39 is 23.0 Å². The summed E-state index contributed by atoms with van der Waals surface area (Å²) in [4.78, 5) is 0. The first kappa shape index (κ1) is 13.6. The minimum absolute atomic E-state index is 0.0377. The molecule has 19 heavy (non-hydrogen) atoms. The van der Waals surface area contributed by atoms with Crippen molar-refractivity contribution >= 4 is 0 Å². The Labute approximate surface area is 109 Å². The molecule has 1 unspecified atom stereocenters. The third-order valence-corrected chi connectivity index (χ3v) is 3.06. The summed E-state index contributed by atoms with van der Waals surface area (Å²) in [6.45, 7) is 1.55. The Bertz CT molecular complexity index is 594. The standard InChI is InChI=1S/C15H14F3N/c1-15(19,9-10-4-2-3-5-13(10)17)12-8-11(16)6-7-14(12)18/h2-8H,9,19H2,1H3. The molecule has 0 bridgehead atoms. The van der Waals surface area contributed by atoms with Gasteiger partial charge in [-0.2, -0.15) is 0 Å². The Hall–Kier alpha value is -1.81. The quantitative estimate of drug-likeness (QED) is 0.902. The van der Waals surface area contributed by atoms with Crippen molar-refractivity contribution in [2.45, 2.75) is 18.9 Å². The van der Waals surface area contributed by atoms with Gasteiger partial charge in [0, 0.05) is 11.1 Å². The molecule has 0 aliphatic rings. The van der Waals surface area contributed by atoms with Crippen LogP contribution < -0.4 is 5.73 Å². The molecule has 0 aliphatic heterocycles. The molecule has 4 heteroatoms. The molecule has 0 aromatic heterocycles. The van der Waals surface area contributed by atoms with Crippen LogP contribution in [0.2, 0.25) is 0 Å². The molecule has 2 aromatic carbocycles. The Morgan fingerprint density at radius 3 is 2.37 bits per heavy atom. The third-order valence-electron chi connectivity index (χ3n) is 3.06. The smallest absolute Gasteiger partial charge is 0.128 e. The van der Waals surface area contributed by atoms with Crippen molar-refractivity contribution in [3.8, 4) is 0 Å². The van der Waals surface area contributed by atoms with Gasteiger partial charge in [-0.1, -0.05) is 18.2 Å². The number of hydrogen-bond donors (Lipinski definition) is 1. The summed E-state index contributed by atoms with van der Waals surface area (Å²) in [6.07, 6.45) is 0.0834. The van der Waals surface area contributed by atoms with Crippen molar-refractivity contribution < 1.29 is 13.2 Å². The number of halogens is 3. The summed E-state index contributed by atoms with van der Waals surface area (Å²) >= 11 is 0. The lowest BCUT2D eigenvalue weighted by atomic mass is 9.86. The molecule has 0 fully saturated rings. The summed E-state index contributed by atoms with van der Waals surface area (Å²) in [6, 6.07) is 9.24. The third kappa shape index (κ3) is 2.96. The molecule has 2 N–H and O–H groups in total. The molecule has 0 heterocycles. The average molecular weight is 265 g/mol. The summed E-state index contributed by atoms with van der Waals surface area (Å²) < 4.78 is 40.5. The van der Waals surface area contributed by atoms with E-state index in [4.69, 9.17) is 5.73 Å². The lowest BCUT2D eigenvalue weighted by Crippen LogP contribution is -2.37. The van der Waals surface area contributed by atoms with E-state index in [1.807, 2.05) is 0 Å². The molecule has 0 aliphatic carbocycles. The molecule has 100 valence electrons. The predicted molar refractivity (Wildman–Crippen MR) is 68.0 cm³/mol. The molecule has 0 amide bonds. The van der Waals surface area contributed by atoms with Crippen LogP contribution >= 0.6 is 0 Å². The Morgan fingerprint density at radius 2 is 1.68 bits per heavy atom. The summed E-state index contributed by atoms with van der Waals surface area (Å²) in [5, 5.41) is 0. The van der Waals surface area contributed by atoms with Gasteiger partial charge in [0.15, 0.2) is 0 Å². The van der Waals surface area contributed by atoms with Crippen molar-refractivity contribution in [1.82, 2.24) is 0 Å². The second-order valence-electron chi connectivity index (χ2n) is 4.81.